The number of hydrogen-bond donors (Lipinski definition) is 2. The molecule has 174 valence electrons. The minimum Gasteiger partial charge on any atom is -0.494 e. The van der Waals surface area contributed by atoms with Crippen LogP contribution in [-0.4, -0.2) is 48.2 Å². The zero-order valence-corrected chi connectivity index (χ0v) is 18.3. The van der Waals surface area contributed by atoms with Gasteiger partial charge in [-0.1, -0.05) is 6.92 Å². The summed E-state index contributed by atoms with van der Waals surface area (Å²) < 4.78 is 43.9. The van der Waals surface area contributed by atoms with Crippen molar-refractivity contribution in [3.05, 3.63) is 24.4 Å². The molecule has 2 aliphatic carbocycles. The Balaban J connectivity index is 1.12. The Morgan fingerprint density at radius 2 is 1.97 bits per heavy atom. The lowest BCUT2D eigenvalue weighted by Gasteiger charge is -2.20. The van der Waals surface area contributed by atoms with E-state index >= 15 is 0 Å². The summed E-state index contributed by atoms with van der Waals surface area (Å²) in [5.41, 5.74) is 1.48. The third-order valence-corrected chi connectivity index (χ3v) is 7.57. The van der Waals surface area contributed by atoms with Crippen molar-refractivity contribution in [2.24, 2.45) is 23.2 Å². The standard InChI is InChI=1S/C24H30F3N3O2/c1-23(5-6-23)22(31)29-21-11-28-20-3-2-18(10-19(20)21)32-7-4-15-8-16-12-30(13-17(16)9-15)14-24(25,26)27/h2-3,10-11,15-17,28H,4-9,12-14H2,1H3,(H,29,31)/t15-,16-,17+. The summed E-state index contributed by atoms with van der Waals surface area (Å²) in [6.45, 7) is 2.93. The smallest absolute Gasteiger partial charge is 0.401 e. The topological polar surface area (TPSA) is 57.4 Å². The highest BCUT2D eigenvalue weighted by Gasteiger charge is 2.45. The second kappa shape index (κ2) is 7.97. The van der Waals surface area contributed by atoms with Crippen LogP contribution in [0.15, 0.2) is 24.4 Å². The number of ether oxygens (including phenoxy) is 1. The third kappa shape index (κ3) is 4.60. The van der Waals surface area contributed by atoms with E-state index in [4.69, 9.17) is 4.74 Å². The molecule has 0 spiro atoms. The fourth-order valence-corrected chi connectivity index (χ4v) is 5.46. The third-order valence-electron chi connectivity index (χ3n) is 7.57. The molecule has 0 bridgehead atoms. The molecular weight excluding hydrogens is 419 g/mol. The van der Waals surface area contributed by atoms with Crippen LogP contribution in [0.2, 0.25) is 0 Å². The fourth-order valence-electron chi connectivity index (χ4n) is 5.46. The number of halogens is 3. The molecule has 2 N–H and O–H groups in total. The maximum atomic E-state index is 12.6. The molecule has 1 aromatic carbocycles. The highest BCUT2D eigenvalue weighted by molar-refractivity contribution is 6.04. The number of carbonyl (C=O) groups is 1. The number of amides is 1. The quantitative estimate of drug-likeness (QED) is 0.611. The number of likely N-dealkylation sites (tertiary alicyclic amines) is 1. The average molecular weight is 450 g/mol. The molecule has 1 saturated heterocycles. The van der Waals surface area contributed by atoms with Gasteiger partial charge in [-0.3, -0.25) is 9.69 Å². The highest BCUT2D eigenvalue weighted by Crippen LogP contribution is 2.46. The number of anilines is 1. The van der Waals surface area contributed by atoms with Crippen molar-refractivity contribution in [1.29, 1.82) is 0 Å². The van der Waals surface area contributed by atoms with Gasteiger partial charge in [0.15, 0.2) is 0 Å². The fraction of sp³-hybridized carbons (Fsp3) is 0.625. The molecule has 2 heterocycles. The van der Waals surface area contributed by atoms with E-state index in [2.05, 4.69) is 10.3 Å². The number of benzene rings is 1. The molecule has 3 atom stereocenters. The van der Waals surface area contributed by atoms with Gasteiger partial charge in [-0.05, 0) is 68.1 Å². The number of fused-ring (bicyclic) bond motifs is 2. The van der Waals surface area contributed by atoms with Crippen LogP contribution in [-0.2, 0) is 4.79 Å². The van der Waals surface area contributed by atoms with Crippen LogP contribution in [0.25, 0.3) is 10.9 Å². The van der Waals surface area contributed by atoms with Gasteiger partial charge in [0.05, 0.1) is 18.8 Å². The number of rotatable bonds is 7. The molecule has 2 aromatic rings. The van der Waals surface area contributed by atoms with Crippen LogP contribution in [0.5, 0.6) is 5.75 Å². The van der Waals surface area contributed by atoms with Gasteiger partial charge in [-0.2, -0.15) is 13.2 Å². The van der Waals surface area contributed by atoms with Gasteiger partial charge < -0.3 is 15.0 Å². The molecule has 5 rings (SSSR count). The summed E-state index contributed by atoms with van der Waals surface area (Å²) >= 11 is 0. The highest BCUT2D eigenvalue weighted by atomic mass is 19.4. The van der Waals surface area contributed by atoms with Gasteiger partial charge >= 0.3 is 6.18 Å². The number of aromatic amines is 1. The van der Waals surface area contributed by atoms with Crippen LogP contribution in [0.3, 0.4) is 0 Å². The monoisotopic (exact) mass is 449 g/mol. The van der Waals surface area contributed by atoms with E-state index in [-0.39, 0.29) is 11.3 Å². The normalized spacial score (nSPS) is 26.9. The van der Waals surface area contributed by atoms with E-state index < -0.39 is 12.7 Å². The van der Waals surface area contributed by atoms with Gasteiger partial charge in [0, 0.05) is 35.6 Å². The Labute approximate surface area is 185 Å². The molecule has 0 unspecified atom stereocenters. The van der Waals surface area contributed by atoms with Crippen molar-refractivity contribution < 1.29 is 22.7 Å². The molecule has 2 saturated carbocycles. The number of nitrogens with one attached hydrogen (secondary N) is 2. The summed E-state index contributed by atoms with van der Waals surface area (Å²) in [6, 6.07) is 5.83. The van der Waals surface area contributed by atoms with E-state index in [1.54, 1.807) is 4.90 Å². The summed E-state index contributed by atoms with van der Waals surface area (Å²) in [5, 5.41) is 3.97. The Kier molecular flexibility index (Phi) is 5.39. The zero-order valence-electron chi connectivity index (χ0n) is 18.3. The predicted octanol–water partition coefficient (Wildman–Crippen LogP) is 5.20. The lowest BCUT2D eigenvalue weighted by Crippen LogP contribution is -2.33. The Hall–Kier alpha value is -2.22. The minimum absolute atomic E-state index is 0.0605. The van der Waals surface area contributed by atoms with Crippen molar-refractivity contribution in [2.75, 3.05) is 31.6 Å². The minimum atomic E-state index is -4.11. The summed E-state index contributed by atoms with van der Waals surface area (Å²) in [6.07, 6.45) is 2.47. The molecule has 1 aromatic heterocycles. The molecule has 8 heteroatoms. The number of aromatic nitrogens is 1. The zero-order chi connectivity index (χ0) is 22.5. The second-order valence-corrected chi connectivity index (χ2v) is 10.2. The molecule has 0 radical (unpaired) electrons. The number of alkyl halides is 3. The van der Waals surface area contributed by atoms with E-state index in [0.717, 1.165) is 54.4 Å². The first kappa shape index (κ1) is 21.6. The van der Waals surface area contributed by atoms with Crippen LogP contribution < -0.4 is 10.1 Å². The van der Waals surface area contributed by atoms with Crippen LogP contribution in [0.4, 0.5) is 18.9 Å². The van der Waals surface area contributed by atoms with Gasteiger partial charge in [0.25, 0.3) is 0 Å². The lowest BCUT2D eigenvalue weighted by molar-refractivity contribution is -0.144. The SMILES string of the molecule is CC1(C(=O)Nc2c[nH]c3ccc(OCC[C@@H]4C[C@@H]5CN(CC(F)(F)F)C[C@@H]5C4)cc23)CC1. The van der Waals surface area contributed by atoms with Crippen LogP contribution >= 0.6 is 0 Å². The van der Waals surface area contributed by atoms with E-state index in [1.807, 2.05) is 31.3 Å². The first-order chi connectivity index (χ1) is 15.2. The maximum absolute atomic E-state index is 12.6. The van der Waals surface area contributed by atoms with Crippen molar-refractivity contribution >= 4 is 22.5 Å². The Morgan fingerprint density at radius 1 is 1.25 bits per heavy atom. The van der Waals surface area contributed by atoms with Crippen molar-refractivity contribution in [2.45, 2.75) is 45.2 Å². The first-order valence-corrected chi connectivity index (χ1v) is 11.5. The Bertz CT molecular complexity index is 984. The van der Waals surface area contributed by atoms with E-state index in [9.17, 15) is 18.0 Å². The van der Waals surface area contributed by atoms with E-state index in [1.165, 1.54) is 0 Å². The number of carbonyl (C=O) groups excluding carboxylic acids is 1. The molecule has 3 aliphatic rings. The predicted molar refractivity (Wildman–Crippen MR) is 117 cm³/mol. The molecule has 32 heavy (non-hydrogen) atoms. The Morgan fingerprint density at radius 3 is 2.62 bits per heavy atom. The number of H-pyrrole nitrogens is 1. The molecule has 5 nitrogen and oxygen atoms in total. The van der Waals surface area contributed by atoms with Crippen molar-refractivity contribution in [1.82, 2.24) is 9.88 Å². The van der Waals surface area contributed by atoms with Crippen LogP contribution in [0.1, 0.15) is 39.0 Å². The van der Waals surface area contributed by atoms with Gasteiger partial charge in [-0.15, -0.1) is 0 Å². The van der Waals surface area contributed by atoms with E-state index in [0.29, 0.717) is 37.5 Å². The summed E-state index contributed by atoms with van der Waals surface area (Å²) in [7, 11) is 0. The van der Waals surface area contributed by atoms with Crippen molar-refractivity contribution in [3.8, 4) is 5.75 Å². The molecule has 1 amide bonds. The number of nitrogens with zero attached hydrogens (tertiary/aromatic N) is 1. The summed E-state index contributed by atoms with van der Waals surface area (Å²) in [5.74, 6) is 2.12. The second-order valence-electron chi connectivity index (χ2n) is 10.2. The van der Waals surface area contributed by atoms with Crippen LogP contribution in [0, 0.1) is 23.2 Å². The van der Waals surface area contributed by atoms with Crippen molar-refractivity contribution in [3.63, 3.8) is 0 Å². The first-order valence-electron chi connectivity index (χ1n) is 11.5. The van der Waals surface area contributed by atoms with Gasteiger partial charge in [-0.25, -0.2) is 0 Å². The molecule has 1 aliphatic heterocycles. The van der Waals surface area contributed by atoms with Gasteiger partial charge in [0.2, 0.25) is 5.91 Å². The maximum Gasteiger partial charge on any atom is 0.401 e. The lowest BCUT2D eigenvalue weighted by atomic mass is 10.0. The molecule has 3 fully saturated rings. The molecular formula is C24H30F3N3O2. The average Bonchev–Trinajstić information content (AvgIpc) is 3.02. The number of hydrogen-bond acceptors (Lipinski definition) is 3. The largest absolute Gasteiger partial charge is 0.494 e. The van der Waals surface area contributed by atoms with Gasteiger partial charge in [0.1, 0.15) is 5.75 Å². The summed E-state index contributed by atoms with van der Waals surface area (Å²) in [4.78, 5) is 17.2.